The molecule has 4 nitrogen and oxygen atoms in total. The lowest BCUT2D eigenvalue weighted by molar-refractivity contribution is 0.928. The van der Waals surface area contributed by atoms with Gasteiger partial charge in [0.1, 0.15) is 4.60 Å². The van der Waals surface area contributed by atoms with Gasteiger partial charge in [0.05, 0.1) is 16.7 Å². The predicted molar refractivity (Wildman–Crippen MR) is 77.3 cm³/mol. The van der Waals surface area contributed by atoms with Crippen molar-refractivity contribution in [2.75, 3.05) is 6.54 Å². The molecule has 0 aliphatic carbocycles. The number of hydrogen-bond donors (Lipinski definition) is 2. The van der Waals surface area contributed by atoms with Gasteiger partial charge in [0, 0.05) is 11.4 Å². The van der Waals surface area contributed by atoms with Crippen LogP contribution in [0.4, 0.5) is 0 Å². The fourth-order valence-corrected chi connectivity index (χ4v) is 2.98. The second-order valence-electron chi connectivity index (χ2n) is 4.24. The van der Waals surface area contributed by atoms with Gasteiger partial charge in [-0.05, 0) is 47.1 Å². The summed E-state index contributed by atoms with van der Waals surface area (Å²) in [5.41, 5.74) is 9.62. The van der Waals surface area contributed by atoms with Gasteiger partial charge < -0.3 is 10.7 Å². The van der Waals surface area contributed by atoms with Crippen LogP contribution in [0.25, 0.3) is 16.8 Å². The van der Waals surface area contributed by atoms with Crippen molar-refractivity contribution in [1.29, 1.82) is 0 Å². The quantitative estimate of drug-likeness (QED) is 0.760. The van der Waals surface area contributed by atoms with Crippen molar-refractivity contribution in [2.45, 2.75) is 13.3 Å². The first-order valence-corrected chi connectivity index (χ1v) is 6.84. The largest absolute Gasteiger partial charge is 0.330 e. The summed E-state index contributed by atoms with van der Waals surface area (Å²) in [4.78, 5) is 7.87. The number of aromatic nitrogens is 3. The van der Waals surface area contributed by atoms with Gasteiger partial charge in [-0.3, -0.25) is 4.40 Å². The Bertz CT molecular complexity index is 744. The molecule has 3 N–H and O–H groups in total. The van der Waals surface area contributed by atoms with Gasteiger partial charge in [0.2, 0.25) is 5.78 Å². The minimum Gasteiger partial charge on any atom is -0.330 e. The van der Waals surface area contributed by atoms with Crippen molar-refractivity contribution in [3.8, 4) is 0 Å². The number of nitrogens with zero attached hydrogens (tertiary/aromatic N) is 2. The van der Waals surface area contributed by atoms with Crippen LogP contribution in [0.3, 0.4) is 0 Å². The molecule has 94 valence electrons. The maximum atomic E-state index is 6.12. The molecular formula is C12H12BrClN4. The van der Waals surface area contributed by atoms with Crippen LogP contribution in [-0.4, -0.2) is 20.9 Å². The zero-order valence-corrected chi connectivity index (χ0v) is 12.1. The molecule has 0 aliphatic heterocycles. The van der Waals surface area contributed by atoms with Gasteiger partial charge in [-0.15, -0.1) is 0 Å². The van der Waals surface area contributed by atoms with E-state index in [0.29, 0.717) is 6.54 Å². The minimum atomic E-state index is 0.602. The Kier molecular flexibility index (Phi) is 2.84. The van der Waals surface area contributed by atoms with Crippen molar-refractivity contribution in [2.24, 2.45) is 5.73 Å². The zero-order chi connectivity index (χ0) is 12.9. The Hall–Kier alpha value is -1.04. The summed E-state index contributed by atoms with van der Waals surface area (Å²) < 4.78 is 3.02. The SMILES string of the molecule is Cc1c(Cl)ccc2c1nc1[nH]c(CCN)c(Br)n12. The Balaban J connectivity index is 2.38. The summed E-state index contributed by atoms with van der Waals surface area (Å²) in [6.07, 6.45) is 0.790. The lowest BCUT2D eigenvalue weighted by Crippen LogP contribution is -2.03. The van der Waals surface area contributed by atoms with E-state index in [0.717, 1.165) is 44.1 Å². The van der Waals surface area contributed by atoms with E-state index >= 15 is 0 Å². The molecule has 0 radical (unpaired) electrons. The molecule has 0 saturated heterocycles. The van der Waals surface area contributed by atoms with Gasteiger partial charge in [-0.1, -0.05) is 11.6 Å². The third-order valence-electron chi connectivity index (χ3n) is 3.12. The number of nitrogens with two attached hydrogens (primary N) is 1. The molecule has 1 aromatic carbocycles. The molecule has 6 heteroatoms. The maximum absolute atomic E-state index is 6.12. The van der Waals surface area contributed by atoms with Gasteiger partial charge in [-0.2, -0.15) is 0 Å². The van der Waals surface area contributed by atoms with Crippen molar-refractivity contribution in [3.63, 3.8) is 0 Å². The first-order chi connectivity index (χ1) is 8.63. The summed E-state index contributed by atoms with van der Waals surface area (Å²) >= 11 is 9.71. The van der Waals surface area contributed by atoms with E-state index in [1.165, 1.54) is 0 Å². The van der Waals surface area contributed by atoms with Crippen molar-refractivity contribution in [3.05, 3.63) is 33.0 Å². The number of halogens is 2. The number of aryl methyl sites for hydroxylation is 1. The number of benzene rings is 1. The van der Waals surface area contributed by atoms with E-state index < -0.39 is 0 Å². The number of rotatable bonds is 2. The van der Waals surface area contributed by atoms with E-state index in [2.05, 4.69) is 25.9 Å². The van der Waals surface area contributed by atoms with E-state index in [1.807, 2.05) is 23.5 Å². The van der Waals surface area contributed by atoms with Gasteiger partial charge in [0.15, 0.2) is 0 Å². The highest BCUT2D eigenvalue weighted by Gasteiger charge is 2.15. The van der Waals surface area contributed by atoms with Crippen molar-refractivity contribution >= 4 is 44.3 Å². The molecule has 2 aromatic heterocycles. The highest BCUT2D eigenvalue weighted by molar-refractivity contribution is 9.10. The van der Waals surface area contributed by atoms with Crippen molar-refractivity contribution in [1.82, 2.24) is 14.4 Å². The van der Waals surface area contributed by atoms with Crippen LogP contribution in [0.2, 0.25) is 5.02 Å². The lowest BCUT2D eigenvalue weighted by atomic mass is 10.2. The zero-order valence-electron chi connectivity index (χ0n) is 9.80. The number of aromatic amines is 1. The normalized spacial score (nSPS) is 11.8. The minimum absolute atomic E-state index is 0.602. The molecule has 2 heterocycles. The molecular weight excluding hydrogens is 316 g/mol. The van der Waals surface area contributed by atoms with Crippen LogP contribution in [0.5, 0.6) is 0 Å². The number of fused-ring (bicyclic) bond motifs is 3. The molecule has 0 spiro atoms. The van der Waals surface area contributed by atoms with Crippen LogP contribution in [0, 0.1) is 6.92 Å². The Morgan fingerprint density at radius 1 is 1.50 bits per heavy atom. The van der Waals surface area contributed by atoms with Crippen molar-refractivity contribution < 1.29 is 0 Å². The fourth-order valence-electron chi connectivity index (χ4n) is 2.17. The summed E-state index contributed by atoms with van der Waals surface area (Å²) in [7, 11) is 0. The molecule has 18 heavy (non-hydrogen) atoms. The second kappa shape index (κ2) is 4.26. The average molecular weight is 328 g/mol. The van der Waals surface area contributed by atoms with Gasteiger partial charge >= 0.3 is 0 Å². The smallest absolute Gasteiger partial charge is 0.213 e. The Morgan fingerprint density at radius 3 is 3.00 bits per heavy atom. The van der Waals surface area contributed by atoms with Crippen LogP contribution in [0.1, 0.15) is 11.3 Å². The highest BCUT2D eigenvalue weighted by Crippen LogP contribution is 2.29. The number of H-pyrrole nitrogens is 1. The van der Waals surface area contributed by atoms with E-state index in [4.69, 9.17) is 17.3 Å². The third-order valence-corrected chi connectivity index (χ3v) is 4.36. The molecule has 3 aromatic rings. The number of imidazole rings is 2. The average Bonchev–Trinajstić information content (AvgIpc) is 2.84. The Labute approximate surface area is 117 Å². The van der Waals surface area contributed by atoms with Gasteiger partial charge in [0.25, 0.3) is 0 Å². The standard InChI is InChI=1S/C12H12BrClN4/c1-6-7(14)2-3-9-10(6)17-12-16-8(4-5-15)11(13)18(9)12/h2-3H,4-5,15H2,1H3,(H,16,17). The first kappa shape index (κ1) is 12.0. The van der Waals surface area contributed by atoms with E-state index in [-0.39, 0.29) is 0 Å². The molecule has 0 atom stereocenters. The van der Waals surface area contributed by atoms with E-state index in [9.17, 15) is 0 Å². The van der Waals surface area contributed by atoms with Crippen LogP contribution >= 0.6 is 27.5 Å². The lowest BCUT2D eigenvalue weighted by Gasteiger charge is -2.00. The maximum Gasteiger partial charge on any atom is 0.213 e. The molecule has 0 fully saturated rings. The summed E-state index contributed by atoms with van der Waals surface area (Å²) in [5.74, 6) is 0.811. The topological polar surface area (TPSA) is 59.1 Å². The molecule has 3 rings (SSSR count). The molecule has 0 unspecified atom stereocenters. The van der Waals surface area contributed by atoms with Crippen LogP contribution in [0.15, 0.2) is 16.7 Å². The third kappa shape index (κ3) is 1.58. The predicted octanol–water partition coefficient (Wildman–Crippen LogP) is 3.04. The first-order valence-electron chi connectivity index (χ1n) is 5.67. The number of hydrogen-bond acceptors (Lipinski definition) is 2. The molecule has 0 aliphatic rings. The van der Waals surface area contributed by atoms with Crippen LogP contribution in [-0.2, 0) is 6.42 Å². The second-order valence-corrected chi connectivity index (χ2v) is 5.40. The summed E-state index contributed by atoms with van der Waals surface area (Å²) in [6, 6.07) is 3.88. The molecule has 0 saturated carbocycles. The molecule has 0 bridgehead atoms. The van der Waals surface area contributed by atoms with Crippen LogP contribution < -0.4 is 5.73 Å². The summed E-state index contributed by atoms with van der Waals surface area (Å²) in [5, 5.41) is 0.738. The summed E-state index contributed by atoms with van der Waals surface area (Å²) in [6.45, 7) is 2.58. The monoisotopic (exact) mass is 326 g/mol. The van der Waals surface area contributed by atoms with E-state index in [1.54, 1.807) is 0 Å². The molecule has 0 amide bonds. The highest BCUT2D eigenvalue weighted by atomic mass is 79.9. The number of nitrogens with one attached hydrogen (secondary N) is 1. The Morgan fingerprint density at radius 2 is 2.28 bits per heavy atom. The van der Waals surface area contributed by atoms with Gasteiger partial charge in [-0.25, -0.2) is 4.98 Å². The fraction of sp³-hybridized carbons (Fsp3) is 0.250.